The topological polar surface area (TPSA) is 49.4 Å². The summed E-state index contributed by atoms with van der Waals surface area (Å²) in [4.78, 5) is 26.8. The maximum atomic E-state index is 12.6. The van der Waals surface area contributed by atoms with Gasteiger partial charge in [0.15, 0.2) is 0 Å². The maximum Gasteiger partial charge on any atom is 0.242 e. The lowest BCUT2D eigenvalue weighted by Crippen LogP contribution is -2.48. The Balaban J connectivity index is 1.37. The Labute approximate surface area is 147 Å². The van der Waals surface area contributed by atoms with Gasteiger partial charge in [-0.25, -0.2) is 0 Å². The van der Waals surface area contributed by atoms with Crippen molar-refractivity contribution in [1.29, 1.82) is 0 Å². The molecule has 2 aliphatic carbocycles. The van der Waals surface area contributed by atoms with Gasteiger partial charge in [0.25, 0.3) is 0 Å². The Morgan fingerprint density at radius 1 is 1.17 bits per heavy atom. The predicted octanol–water partition coefficient (Wildman–Crippen LogP) is 2.89. The normalized spacial score (nSPS) is 24.7. The van der Waals surface area contributed by atoms with Crippen molar-refractivity contribution in [3.8, 4) is 0 Å². The van der Waals surface area contributed by atoms with E-state index in [0.29, 0.717) is 6.54 Å². The molecule has 1 aromatic rings. The van der Waals surface area contributed by atoms with E-state index in [4.69, 9.17) is 11.6 Å². The fraction of sp³-hybridized carbons (Fsp3) is 0.579. The van der Waals surface area contributed by atoms with Gasteiger partial charge in [0, 0.05) is 29.4 Å². The Morgan fingerprint density at radius 2 is 1.88 bits per heavy atom. The second kappa shape index (κ2) is 6.07. The minimum atomic E-state index is -0.265. The molecular weight excluding hydrogens is 324 g/mol. The lowest BCUT2D eigenvalue weighted by atomic mass is 9.96. The van der Waals surface area contributed by atoms with Gasteiger partial charge in [-0.2, -0.15) is 0 Å². The SMILES string of the molecule is O=C(NCC1(c2ccc(Cl)cc2)CC1)[C@@H]1CCCN1C(=O)C1CC1. The Kier molecular flexibility index (Phi) is 4.03. The first-order valence-electron chi connectivity index (χ1n) is 8.93. The van der Waals surface area contributed by atoms with Crippen LogP contribution in [0.3, 0.4) is 0 Å². The van der Waals surface area contributed by atoms with Crippen LogP contribution in [-0.4, -0.2) is 35.8 Å². The van der Waals surface area contributed by atoms with Gasteiger partial charge in [0.2, 0.25) is 11.8 Å². The number of nitrogens with one attached hydrogen (secondary N) is 1. The van der Waals surface area contributed by atoms with E-state index >= 15 is 0 Å². The van der Waals surface area contributed by atoms with E-state index < -0.39 is 0 Å². The Hall–Kier alpha value is -1.55. The molecule has 2 saturated carbocycles. The lowest BCUT2D eigenvalue weighted by Gasteiger charge is -2.25. The molecule has 3 aliphatic rings. The second-order valence-corrected chi connectivity index (χ2v) is 7.91. The second-order valence-electron chi connectivity index (χ2n) is 7.47. The van der Waals surface area contributed by atoms with Crippen LogP contribution in [0.15, 0.2) is 24.3 Å². The summed E-state index contributed by atoms with van der Waals surface area (Å²) in [5.74, 6) is 0.385. The molecule has 0 bridgehead atoms. The molecule has 0 aromatic heterocycles. The van der Waals surface area contributed by atoms with Crippen molar-refractivity contribution in [2.75, 3.05) is 13.1 Å². The number of rotatable bonds is 5. The van der Waals surface area contributed by atoms with Crippen molar-refractivity contribution in [2.24, 2.45) is 5.92 Å². The number of amides is 2. The zero-order chi connectivity index (χ0) is 16.7. The fourth-order valence-electron chi connectivity index (χ4n) is 3.76. The summed E-state index contributed by atoms with van der Waals surface area (Å²) in [6, 6.07) is 7.66. The van der Waals surface area contributed by atoms with Crippen LogP contribution in [0.4, 0.5) is 0 Å². The smallest absolute Gasteiger partial charge is 0.242 e. The molecule has 1 saturated heterocycles. The van der Waals surface area contributed by atoms with Crippen LogP contribution in [0.2, 0.25) is 5.02 Å². The van der Waals surface area contributed by atoms with Crippen molar-refractivity contribution in [3.05, 3.63) is 34.9 Å². The fourth-order valence-corrected chi connectivity index (χ4v) is 3.89. The molecule has 1 N–H and O–H groups in total. The van der Waals surface area contributed by atoms with E-state index in [-0.39, 0.29) is 29.2 Å². The summed E-state index contributed by atoms with van der Waals surface area (Å²) < 4.78 is 0. The van der Waals surface area contributed by atoms with Crippen LogP contribution in [-0.2, 0) is 15.0 Å². The van der Waals surface area contributed by atoms with E-state index in [1.54, 1.807) is 0 Å². The number of benzene rings is 1. The molecule has 0 spiro atoms. The number of nitrogens with zero attached hydrogens (tertiary/aromatic N) is 1. The molecule has 5 heteroatoms. The van der Waals surface area contributed by atoms with Crippen molar-refractivity contribution >= 4 is 23.4 Å². The Bertz CT molecular complexity index is 650. The lowest BCUT2D eigenvalue weighted by molar-refractivity contribution is -0.139. The first kappa shape index (κ1) is 15.9. The average molecular weight is 347 g/mol. The number of hydrogen-bond acceptors (Lipinski definition) is 2. The first-order chi connectivity index (χ1) is 11.6. The maximum absolute atomic E-state index is 12.6. The number of likely N-dealkylation sites (tertiary alicyclic amines) is 1. The summed E-state index contributed by atoms with van der Waals surface area (Å²) in [6.45, 7) is 1.38. The van der Waals surface area contributed by atoms with E-state index in [2.05, 4.69) is 17.4 Å². The largest absolute Gasteiger partial charge is 0.353 e. The van der Waals surface area contributed by atoms with Crippen molar-refractivity contribution in [3.63, 3.8) is 0 Å². The monoisotopic (exact) mass is 346 g/mol. The number of halogens is 1. The third-order valence-corrected chi connectivity index (χ3v) is 5.93. The highest BCUT2D eigenvalue weighted by molar-refractivity contribution is 6.30. The Morgan fingerprint density at radius 3 is 2.50 bits per heavy atom. The number of carbonyl (C=O) groups excluding carboxylic acids is 2. The summed E-state index contributed by atoms with van der Waals surface area (Å²) in [6.07, 6.45) is 5.87. The van der Waals surface area contributed by atoms with E-state index in [1.807, 2.05) is 17.0 Å². The van der Waals surface area contributed by atoms with Crippen LogP contribution < -0.4 is 5.32 Å². The van der Waals surface area contributed by atoms with E-state index in [0.717, 1.165) is 50.1 Å². The summed E-state index contributed by atoms with van der Waals surface area (Å²) in [7, 11) is 0. The van der Waals surface area contributed by atoms with Crippen molar-refractivity contribution in [1.82, 2.24) is 10.2 Å². The third kappa shape index (κ3) is 3.04. The minimum Gasteiger partial charge on any atom is -0.353 e. The summed E-state index contributed by atoms with van der Waals surface area (Å²) in [5.41, 5.74) is 1.30. The zero-order valence-electron chi connectivity index (χ0n) is 13.8. The molecular formula is C19H23ClN2O2. The molecule has 1 aliphatic heterocycles. The summed E-state index contributed by atoms with van der Waals surface area (Å²) in [5, 5.41) is 3.85. The molecule has 1 aromatic carbocycles. The van der Waals surface area contributed by atoms with Gasteiger partial charge < -0.3 is 10.2 Å². The average Bonchev–Trinajstić information content (AvgIpc) is 3.51. The molecule has 0 unspecified atom stereocenters. The van der Waals surface area contributed by atoms with E-state index in [1.165, 1.54) is 5.56 Å². The molecule has 0 radical (unpaired) electrons. The standard InChI is InChI=1S/C19H23ClN2O2/c20-15-7-5-14(6-8-15)19(9-10-19)12-21-17(23)16-2-1-11-22(16)18(24)13-3-4-13/h5-8,13,16H,1-4,9-12H2,(H,21,23)/t16-/m0/s1. The summed E-state index contributed by atoms with van der Waals surface area (Å²) >= 11 is 5.96. The highest BCUT2D eigenvalue weighted by Crippen LogP contribution is 2.47. The molecule has 24 heavy (non-hydrogen) atoms. The molecule has 1 heterocycles. The first-order valence-corrected chi connectivity index (χ1v) is 9.31. The van der Waals surface area contributed by atoms with Crippen LogP contribution in [0.5, 0.6) is 0 Å². The minimum absolute atomic E-state index is 0.0155. The highest BCUT2D eigenvalue weighted by Gasteiger charge is 2.46. The predicted molar refractivity (Wildman–Crippen MR) is 92.8 cm³/mol. The van der Waals surface area contributed by atoms with Crippen LogP contribution in [0.1, 0.15) is 44.1 Å². The number of carbonyl (C=O) groups is 2. The van der Waals surface area contributed by atoms with Crippen LogP contribution >= 0.6 is 11.6 Å². The molecule has 128 valence electrons. The molecule has 3 fully saturated rings. The molecule has 4 nitrogen and oxygen atoms in total. The zero-order valence-corrected chi connectivity index (χ0v) is 14.5. The van der Waals surface area contributed by atoms with Gasteiger partial charge in [0.1, 0.15) is 6.04 Å². The highest BCUT2D eigenvalue weighted by atomic mass is 35.5. The van der Waals surface area contributed by atoms with Crippen molar-refractivity contribution in [2.45, 2.75) is 50.0 Å². The quantitative estimate of drug-likeness (QED) is 0.891. The van der Waals surface area contributed by atoms with Crippen molar-refractivity contribution < 1.29 is 9.59 Å². The van der Waals surface area contributed by atoms with Gasteiger partial charge in [-0.3, -0.25) is 9.59 Å². The van der Waals surface area contributed by atoms with Crippen LogP contribution in [0, 0.1) is 5.92 Å². The van der Waals surface area contributed by atoms with Gasteiger partial charge in [-0.1, -0.05) is 23.7 Å². The molecule has 4 rings (SSSR count). The van der Waals surface area contributed by atoms with Gasteiger partial charge in [0.05, 0.1) is 0 Å². The number of hydrogen-bond donors (Lipinski definition) is 1. The van der Waals surface area contributed by atoms with Crippen LogP contribution in [0.25, 0.3) is 0 Å². The van der Waals surface area contributed by atoms with Gasteiger partial charge >= 0.3 is 0 Å². The van der Waals surface area contributed by atoms with Gasteiger partial charge in [-0.05, 0) is 56.2 Å². The van der Waals surface area contributed by atoms with Gasteiger partial charge in [-0.15, -0.1) is 0 Å². The van der Waals surface area contributed by atoms with E-state index in [9.17, 15) is 9.59 Å². The molecule has 2 amide bonds. The third-order valence-electron chi connectivity index (χ3n) is 5.68. The molecule has 1 atom stereocenters.